The summed E-state index contributed by atoms with van der Waals surface area (Å²) in [6.07, 6.45) is 8.01. The molecular weight excluding hydrogens is 431 g/mol. The molecule has 7 nitrogen and oxygen atoms in total. The Bertz CT molecular complexity index is 1360. The summed E-state index contributed by atoms with van der Waals surface area (Å²) in [7, 11) is 0. The molecule has 2 aliphatic rings. The van der Waals surface area contributed by atoms with Gasteiger partial charge in [-0.05, 0) is 66.1 Å². The van der Waals surface area contributed by atoms with E-state index < -0.39 is 0 Å². The number of anilines is 2. The van der Waals surface area contributed by atoms with Gasteiger partial charge in [0.2, 0.25) is 0 Å². The second kappa shape index (κ2) is 8.29. The van der Waals surface area contributed by atoms with Crippen LogP contribution >= 0.6 is 0 Å². The summed E-state index contributed by atoms with van der Waals surface area (Å²) in [6, 6.07) is 11.2. The number of pyridine rings is 2. The fraction of sp³-hybridized carbons (Fsp3) is 0.308. The van der Waals surface area contributed by atoms with Crippen LogP contribution in [0.25, 0.3) is 33.3 Å². The van der Waals surface area contributed by atoms with Crippen LogP contribution in [0.5, 0.6) is 0 Å². The van der Waals surface area contributed by atoms with E-state index in [2.05, 4.69) is 19.9 Å². The highest BCUT2D eigenvalue weighted by Gasteiger charge is 2.38. The van der Waals surface area contributed by atoms with E-state index >= 15 is 4.39 Å². The number of ether oxygens (including phenoxy) is 1. The van der Waals surface area contributed by atoms with Gasteiger partial charge in [-0.3, -0.25) is 0 Å². The van der Waals surface area contributed by atoms with Crippen molar-refractivity contribution in [2.24, 2.45) is 5.41 Å². The number of halogens is 1. The van der Waals surface area contributed by atoms with Crippen molar-refractivity contribution in [1.82, 2.24) is 19.9 Å². The molecule has 2 aliphatic heterocycles. The highest BCUT2D eigenvalue weighted by Crippen LogP contribution is 2.40. The van der Waals surface area contributed by atoms with Gasteiger partial charge < -0.3 is 15.4 Å². The lowest BCUT2D eigenvalue weighted by Gasteiger charge is -2.38. The Morgan fingerprint density at radius 1 is 0.912 bits per heavy atom. The summed E-state index contributed by atoms with van der Waals surface area (Å²) in [6.45, 7) is 3.25. The van der Waals surface area contributed by atoms with Crippen molar-refractivity contribution in [3.8, 4) is 22.4 Å². The molecule has 1 aromatic carbocycles. The Morgan fingerprint density at radius 3 is 2.53 bits per heavy atom. The molecule has 0 radical (unpaired) electrons. The number of fused-ring (bicyclic) bond motifs is 1. The van der Waals surface area contributed by atoms with Crippen LogP contribution in [0.15, 0.2) is 55.1 Å². The number of hydrogen-bond donors (Lipinski definition) is 1. The van der Waals surface area contributed by atoms with E-state index in [1.165, 1.54) is 12.4 Å². The van der Waals surface area contributed by atoms with Gasteiger partial charge in [0.15, 0.2) is 11.6 Å². The van der Waals surface area contributed by atoms with Crippen LogP contribution in [-0.4, -0.2) is 46.2 Å². The zero-order valence-electron chi connectivity index (χ0n) is 18.7. The minimum Gasteiger partial charge on any atom is -0.384 e. The second-order valence-corrected chi connectivity index (χ2v) is 9.24. The van der Waals surface area contributed by atoms with Gasteiger partial charge in [0.1, 0.15) is 12.1 Å². The minimum absolute atomic E-state index is 0.268. The number of nitrogens with zero attached hydrogens (tertiary/aromatic N) is 5. The summed E-state index contributed by atoms with van der Waals surface area (Å²) < 4.78 is 20.9. The smallest absolute Gasteiger partial charge is 0.166 e. The van der Waals surface area contributed by atoms with Gasteiger partial charge in [0, 0.05) is 43.0 Å². The number of piperidine rings is 1. The first-order valence-electron chi connectivity index (χ1n) is 11.6. The summed E-state index contributed by atoms with van der Waals surface area (Å²) >= 11 is 0. The number of nitrogens with two attached hydrogens (primary N) is 1. The highest BCUT2D eigenvalue weighted by atomic mass is 19.1. The molecule has 3 aromatic heterocycles. The van der Waals surface area contributed by atoms with Gasteiger partial charge in [0.05, 0.1) is 17.8 Å². The van der Waals surface area contributed by atoms with Crippen molar-refractivity contribution in [3.63, 3.8) is 0 Å². The number of nitrogen functional groups attached to an aromatic ring is 1. The third-order valence-electron chi connectivity index (χ3n) is 7.15. The molecule has 34 heavy (non-hydrogen) atoms. The van der Waals surface area contributed by atoms with Crippen molar-refractivity contribution in [1.29, 1.82) is 0 Å². The number of hydrogen-bond acceptors (Lipinski definition) is 7. The third-order valence-corrected chi connectivity index (χ3v) is 7.15. The molecule has 8 heteroatoms. The summed E-state index contributed by atoms with van der Waals surface area (Å²) in [5.74, 6) is 0.526. The second-order valence-electron chi connectivity index (χ2n) is 9.24. The van der Waals surface area contributed by atoms with Crippen molar-refractivity contribution < 1.29 is 9.13 Å². The zero-order valence-corrected chi connectivity index (χ0v) is 18.7. The SMILES string of the molecule is Nc1cc(-c2ccc3ncnc(-c4cnc(N5CCC6(CCOC6)CC5)c(F)c4)c3c2)ccn1. The van der Waals surface area contributed by atoms with E-state index in [1.807, 2.05) is 35.2 Å². The topological polar surface area (TPSA) is 90.0 Å². The third kappa shape index (κ3) is 3.74. The van der Waals surface area contributed by atoms with Crippen molar-refractivity contribution in [2.75, 3.05) is 36.9 Å². The van der Waals surface area contributed by atoms with Crippen LogP contribution < -0.4 is 10.6 Å². The highest BCUT2D eigenvalue weighted by molar-refractivity contribution is 5.95. The first-order chi connectivity index (χ1) is 16.6. The largest absolute Gasteiger partial charge is 0.384 e. The summed E-state index contributed by atoms with van der Waals surface area (Å²) in [5.41, 5.74) is 10.1. The first-order valence-corrected chi connectivity index (χ1v) is 11.6. The van der Waals surface area contributed by atoms with Gasteiger partial charge in [-0.2, -0.15) is 0 Å². The molecule has 0 unspecified atom stereocenters. The molecule has 0 amide bonds. The normalized spacial score (nSPS) is 17.5. The Kier molecular flexibility index (Phi) is 5.10. The lowest BCUT2D eigenvalue weighted by atomic mass is 9.78. The Morgan fingerprint density at radius 2 is 1.76 bits per heavy atom. The molecule has 0 aliphatic carbocycles. The average Bonchev–Trinajstić information content (AvgIpc) is 3.32. The number of benzene rings is 1. The van der Waals surface area contributed by atoms with Crippen LogP contribution in [0.4, 0.5) is 16.0 Å². The minimum atomic E-state index is -0.332. The van der Waals surface area contributed by atoms with Gasteiger partial charge in [-0.25, -0.2) is 24.3 Å². The number of aromatic nitrogens is 4. The maximum atomic E-state index is 15.3. The van der Waals surface area contributed by atoms with Crippen LogP contribution in [0.1, 0.15) is 19.3 Å². The van der Waals surface area contributed by atoms with Gasteiger partial charge in [-0.1, -0.05) is 6.07 Å². The fourth-order valence-corrected chi connectivity index (χ4v) is 5.12. The van der Waals surface area contributed by atoms with Crippen molar-refractivity contribution >= 4 is 22.5 Å². The van der Waals surface area contributed by atoms with Crippen molar-refractivity contribution in [3.05, 3.63) is 60.9 Å². The molecule has 4 aromatic rings. The molecule has 1 spiro atoms. The number of rotatable bonds is 3. The van der Waals surface area contributed by atoms with E-state index in [0.29, 0.717) is 22.9 Å². The Hall–Kier alpha value is -3.65. The quantitative estimate of drug-likeness (QED) is 0.486. The Labute approximate surface area is 196 Å². The standard InChI is InChI=1S/C26H25FN6O/c27-21-12-19(14-30-25(21)33-8-4-26(5-9-33)6-10-34-15-26)24-20-11-17(1-2-22(20)31-16-32-24)18-3-7-29-23(28)13-18/h1-3,7,11-14,16H,4-6,8-10,15H2,(H2,28,29). The zero-order chi connectivity index (χ0) is 23.1. The molecule has 6 rings (SSSR count). The monoisotopic (exact) mass is 456 g/mol. The van der Waals surface area contributed by atoms with Gasteiger partial charge >= 0.3 is 0 Å². The summed E-state index contributed by atoms with van der Waals surface area (Å²) in [4.78, 5) is 19.5. The molecule has 2 saturated heterocycles. The molecule has 5 heterocycles. The lowest BCUT2D eigenvalue weighted by Crippen LogP contribution is -2.41. The Balaban J connectivity index is 1.32. The van der Waals surface area contributed by atoms with Gasteiger partial charge in [0.25, 0.3) is 0 Å². The van der Waals surface area contributed by atoms with Crippen LogP contribution in [0.3, 0.4) is 0 Å². The molecule has 172 valence electrons. The maximum Gasteiger partial charge on any atom is 0.166 e. The van der Waals surface area contributed by atoms with E-state index in [0.717, 1.165) is 67.6 Å². The van der Waals surface area contributed by atoms with Gasteiger partial charge in [-0.15, -0.1) is 0 Å². The van der Waals surface area contributed by atoms with Crippen LogP contribution in [0, 0.1) is 11.2 Å². The van der Waals surface area contributed by atoms with E-state index in [1.54, 1.807) is 12.4 Å². The molecule has 2 fully saturated rings. The first kappa shape index (κ1) is 20.9. The molecule has 0 atom stereocenters. The van der Waals surface area contributed by atoms with E-state index in [4.69, 9.17) is 10.5 Å². The lowest BCUT2D eigenvalue weighted by molar-refractivity contribution is 0.133. The molecule has 0 bridgehead atoms. The fourth-order valence-electron chi connectivity index (χ4n) is 5.12. The summed E-state index contributed by atoms with van der Waals surface area (Å²) in [5, 5.41) is 0.825. The molecule has 2 N–H and O–H groups in total. The van der Waals surface area contributed by atoms with Crippen LogP contribution in [-0.2, 0) is 4.74 Å². The van der Waals surface area contributed by atoms with Crippen LogP contribution in [0.2, 0.25) is 0 Å². The predicted molar refractivity (Wildman–Crippen MR) is 130 cm³/mol. The predicted octanol–water partition coefficient (Wildman–Crippen LogP) is 4.48. The van der Waals surface area contributed by atoms with Crippen molar-refractivity contribution in [2.45, 2.75) is 19.3 Å². The van der Waals surface area contributed by atoms with E-state index in [-0.39, 0.29) is 11.2 Å². The van der Waals surface area contributed by atoms with E-state index in [9.17, 15) is 0 Å². The molecular formula is C26H25FN6O. The molecule has 0 saturated carbocycles. The maximum absolute atomic E-state index is 15.3. The average molecular weight is 457 g/mol.